The van der Waals surface area contributed by atoms with Crippen LogP contribution < -0.4 is 10.2 Å². The van der Waals surface area contributed by atoms with Gasteiger partial charge in [-0.25, -0.2) is 0 Å². The third kappa shape index (κ3) is 3.80. The maximum Gasteiger partial charge on any atom is 0.270 e. The Morgan fingerprint density at radius 1 is 1.00 bits per heavy atom. The molecule has 2 aromatic heterocycles. The van der Waals surface area contributed by atoms with E-state index in [-0.39, 0.29) is 10.7 Å². The van der Waals surface area contributed by atoms with Gasteiger partial charge in [-0.2, -0.15) is 0 Å². The Balaban J connectivity index is 1.78. The number of aromatic nitrogens is 2. The van der Waals surface area contributed by atoms with Crippen molar-refractivity contribution in [1.82, 2.24) is 14.9 Å². The first-order valence-electron chi connectivity index (χ1n) is 9.85. The smallest absolute Gasteiger partial charge is 0.270 e. The van der Waals surface area contributed by atoms with Crippen LogP contribution in [0.5, 0.6) is 0 Å². The molecule has 4 rings (SSSR count). The van der Waals surface area contributed by atoms with Crippen molar-refractivity contribution in [3.8, 4) is 5.69 Å². The summed E-state index contributed by atoms with van der Waals surface area (Å²) in [5.41, 5.74) is 6.28. The van der Waals surface area contributed by atoms with Gasteiger partial charge in [0.2, 0.25) is 0 Å². The van der Waals surface area contributed by atoms with Crippen LogP contribution in [0.15, 0.2) is 54.4 Å². The fourth-order valence-corrected chi connectivity index (χ4v) is 4.23. The molecule has 0 aliphatic carbocycles. The van der Waals surface area contributed by atoms with Gasteiger partial charge in [-0.05, 0) is 93.0 Å². The van der Waals surface area contributed by atoms with Gasteiger partial charge in [0, 0.05) is 17.6 Å². The molecule has 1 N–H and O–H groups in total. The van der Waals surface area contributed by atoms with E-state index < -0.39 is 11.8 Å². The molecule has 1 aliphatic rings. The lowest BCUT2D eigenvalue weighted by Gasteiger charge is -2.29. The van der Waals surface area contributed by atoms with E-state index in [4.69, 9.17) is 12.2 Å². The molecule has 0 spiro atoms. The van der Waals surface area contributed by atoms with E-state index >= 15 is 0 Å². The average molecular weight is 431 g/mol. The zero-order valence-corrected chi connectivity index (χ0v) is 18.6. The number of hydrogen-bond donors (Lipinski definition) is 1. The highest BCUT2D eigenvalue weighted by molar-refractivity contribution is 7.80. The number of carbonyl (C=O) groups excluding carboxylic acids is 2. The summed E-state index contributed by atoms with van der Waals surface area (Å²) in [6, 6.07) is 11.5. The molecule has 0 unspecified atom stereocenters. The van der Waals surface area contributed by atoms with Gasteiger partial charge in [0.15, 0.2) is 5.11 Å². The van der Waals surface area contributed by atoms with Crippen LogP contribution in [0.2, 0.25) is 0 Å². The second-order valence-electron chi connectivity index (χ2n) is 7.68. The summed E-state index contributed by atoms with van der Waals surface area (Å²) in [5, 5.41) is 2.73. The summed E-state index contributed by atoms with van der Waals surface area (Å²) in [6.07, 6.45) is 5.12. The van der Waals surface area contributed by atoms with Crippen molar-refractivity contribution in [3.63, 3.8) is 0 Å². The molecule has 1 fully saturated rings. The number of amides is 2. The zero-order valence-electron chi connectivity index (χ0n) is 17.8. The third-order valence-electron chi connectivity index (χ3n) is 5.24. The monoisotopic (exact) mass is 430 g/mol. The van der Waals surface area contributed by atoms with Crippen molar-refractivity contribution < 1.29 is 9.59 Å². The lowest BCUT2D eigenvalue weighted by molar-refractivity contribution is -0.122. The molecule has 31 heavy (non-hydrogen) atoms. The Bertz CT molecular complexity index is 1240. The number of rotatable bonds is 3. The minimum absolute atomic E-state index is 0.0409. The van der Waals surface area contributed by atoms with Crippen molar-refractivity contribution in [1.29, 1.82) is 0 Å². The van der Waals surface area contributed by atoms with Crippen LogP contribution in [0.4, 0.5) is 5.69 Å². The number of thiocarbonyl (C=S) groups is 1. The summed E-state index contributed by atoms with van der Waals surface area (Å²) in [5.74, 6) is -0.938. The number of hydrogen-bond acceptors (Lipinski definition) is 4. The molecule has 7 heteroatoms. The van der Waals surface area contributed by atoms with Crippen LogP contribution in [0.3, 0.4) is 0 Å². The van der Waals surface area contributed by atoms with E-state index in [1.165, 1.54) is 4.90 Å². The minimum Gasteiger partial charge on any atom is -0.316 e. The van der Waals surface area contributed by atoms with Crippen LogP contribution in [0.25, 0.3) is 11.8 Å². The first-order chi connectivity index (χ1) is 14.8. The van der Waals surface area contributed by atoms with Gasteiger partial charge in [-0.3, -0.25) is 24.8 Å². The summed E-state index contributed by atoms with van der Waals surface area (Å²) >= 11 is 5.32. The molecule has 0 atom stereocenters. The maximum absolute atomic E-state index is 13.3. The maximum atomic E-state index is 13.3. The number of nitrogens with zero attached hydrogens (tertiary/aromatic N) is 3. The van der Waals surface area contributed by atoms with E-state index in [0.717, 1.165) is 33.8 Å². The largest absolute Gasteiger partial charge is 0.316 e. The van der Waals surface area contributed by atoms with Crippen molar-refractivity contribution in [2.24, 2.45) is 0 Å². The van der Waals surface area contributed by atoms with Crippen LogP contribution in [-0.4, -0.2) is 26.5 Å². The highest BCUT2D eigenvalue weighted by atomic mass is 32.1. The minimum atomic E-state index is -0.498. The van der Waals surface area contributed by atoms with Crippen LogP contribution in [-0.2, 0) is 9.59 Å². The first kappa shape index (κ1) is 20.7. The summed E-state index contributed by atoms with van der Waals surface area (Å²) in [7, 11) is 0. The van der Waals surface area contributed by atoms with Crippen molar-refractivity contribution >= 4 is 40.9 Å². The summed E-state index contributed by atoms with van der Waals surface area (Å²) in [4.78, 5) is 31.6. The van der Waals surface area contributed by atoms with Gasteiger partial charge in [0.1, 0.15) is 5.57 Å². The molecule has 0 saturated carbocycles. The Labute approximate surface area is 186 Å². The molecule has 3 heterocycles. The Morgan fingerprint density at radius 3 is 2.35 bits per heavy atom. The molecule has 0 bridgehead atoms. The second-order valence-corrected chi connectivity index (χ2v) is 8.06. The third-order valence-corrected chi connectivity index (χ3v) is 5.53. The summed E-state index contributed by atoms with van der Waals surface area (Å²) < 4.78 is 2.04. The number of pyridine rings is 1. The first-order valence-corrected chi connectivity index (χ1v) is 10.3. The number of benzene rings is 1. The Morgan fingerprint density at radius 2 is 1.71 bits per heavy atom. The number of anilines is 1. The lowest BCUT2D eigenvalue weighted by atomic mass is 10.1. The van der Waals surface area contributed by atoms with Gasteiger partial charge >= 0.3 is 0 Å². The predicted molar refractivity (Wildman–Crippen MR) is 125 cm³/mol. The van der Waals surface area contributed by atoms with E-state index in [0.29, 0.717) is 5.69 Å². The van der Waals surface area contributed by atoms with Gasteiger partial charge in [-0.1, -0.05) is 6.07 Å². The average Bonchev–Trinajstić information content (AvgIpc) is 2.98. The highest BCUT2D eigenvalue weighted by Crippen LogP contribution is 2.27. The van der Waals surface area contributed by atoms with Gasteiger partial charge in [0.05, 0.1) is 17.6 Å². The van der Waals surface area contributed by atoms with Gasteiger partial charge in [0.25, 0.3) is 11.8 Å². The molecule has 2 amide bonds. The highest BCUT2D eigenvalue weighted by Gasteiger charge is 2.35. The van der Waals surface area contributed by atoms with Gasteiger partial charge in [-0.15, -0.1) is 0 Å². The van der Waals surface area contributed by atoms with Crippen molar-refractivity contribution in [2.45, 2.75) is 27.7 Å². The molecule has 1 aromatic carbocycles. The molecule has 156 valence electrons. The molecule has 1 saturated heterocycles. The Kier molecular flexibility index (Phi) is 5.29. The standard InChI is InChI=1S/C24H22N4O2S/c1-14-8-15(2)10-20(9-14)28-23(30)21(22(29)26-24(28)31)12-18-11-16(3)27(17(18)4)19-6-5-7-25-13-19/h5-13H,1-4H3,(H,26,29,31)/b21-12+. The van der Waals surface area contributed by atoms with E-state index in [1.54, 1.807) is 18.5 Å². The van der Waals surface area contributed by atoms with E-state index in [2.05, 4.69) is 10.3 Å². The van der Waals surface area contributed by atoms with Crippen molar-refractivity contribution in [2.75, 3.05) is 4.90 Å². The van der Waals surface area contributed by atoms with E-state index in [1.807, 2.05) is 68.7 Å². The van der Waals surface area contributed by atoms with Crippen LogP contribution in [0.1, 0.15) is 28.1 Å². The molecule has 3 aromatic rings. The quantitative estimate of drug-likeness (QED) is 0.388. The normalized spacial score (nSPS) is 15.5. The van der Waals surface area contributed by atoms with Gasteiger partial charge < -0.3 is 4.57 Å². The molecular weight excluding hydrogens is 408 g/mol. The molecule has 6 nitrogen and oxygen atoms in total. The van der Waals surface area contributed by atoms with E-state index in [9.17, 15) is 9.59 Å². The second kappa shape index (κ2) is 7.92. The van der Waals surface area contributed by atoms with Crippen molar-refractivity contribution in [3.05, 3.63) is 82.4 Å². The summed E-state index contributed by atoms with van der Waals surface area (Å²) in [6.45, 7) is 7.83. The van der Waals surface area contributed by atoms with Crippen LogP contribution >= 0.6 is 12.2 Å². The fourth-order valence-electron chi connectivity index (χ4n) is 3.94. The molecule has 0 radical (unpaired) electrons. The molecule has 1 aliphatic heterocycles. The topological polar surface area (TPSA) is 67.2 Å². The SMILES string of the molecule is Cc1cc(C)cc(N2C(=O)/C(=C/c3cc(C)n(-c4cccnc4)c3C)C(=O)NC2=S)c1. The number of nitrogens with one attached hydrogen (secondary N) is 1. The number of aryl methyl sites for hydroxylation is 3. The molecular formula is C24H22N4O2S. The zero-order chi connectivity index (χ0) is 22.3. The fraction of sp³-hybridized carbons (Fsp3) is 0.167. The predicted octanol–water partition coefficient (Wildman–Crippen LogP) is 3.94. The lowest BCUT2D eigenvalue weighted by Crippen LogP contribution is -2.54. The number of carbonyl (C=O) groups is 2. The van der Waals surface area contributed by atoms with Crippen LogP contribution in [0, 0.1) is 27.7 Å². The Hall–Kier alpha value is -3.58.